The highest BCUT2D eigenvalue weighted by atomic mass is 19.1. The number of methoxy groups -OCH3 is 3. The third kappa shape index (κ3) is 3.97. The van der Waals surface area contributed by atoms with Gasteiger partial charge in [0, 0.05) is 11.3 Å². The fourth-order valence-electron chi connectivity index (χ4n) is 3.10. The number of carbonyl (C=O) groups excluding carboxylic acids is 1. The molecule has 0 unspecified atom stereocenters. The van der Waals surface area contributed by atoms with Crippen LogP contribution in [0.25, 0.3) is 16.7 Å². The lowest BCUT2D eigenvalue weighted by atomic mass is 10.1. The number of nitrogens with zero attached hydrogens (tertiary/aromatic N) is 3. The van der Waals surface area contributed by atoms with Gasteiger partial charge in [-0.2, -0.15) is 4.80 Å². The van der Waals surface area contributed by atoms with E-state index in [-0.39, 0.29) is 11.7 Å². The van der Waals surface area contributed by atoms with E-state index in [9.17, 15) is 9.18 Å². The van der Waals surface area contributed by atoms with E-state index in [0.717, 1.165) is 0 Å². The van der Waals surface area contributed by atoms with Gasteiger partial charge in [-0.15, -0.1) is 10.2 Å². The normalized spacial score (nSPS) is 10.7. The first kappa shape index (κ1) is 20.1. The van der Waals surface area contributed by atoms with Crippen LogP contribution in [0.2, 0.25) is 0 Å². The summed E-state index contributed by atoms with van der Waals surface area (Å²) in [6.07, 6.45) is 0. The van der Waals surface area contributed by atoms with Gasteiger partial charge in [-0.1, -0.05) is 0 Å². The average Bonchev–Trinajstić information content (AvgIpc) is 3.21. The molecular weight excluding hydrogens is 403 g/mol. The lowest BCUT2D eigenvalue weighted by molar-refractivity contribution is 0.102. The lowest BCUT2D eigenvalue weighted by Gasteiger charge is -2.14. The molecule has 0 saturated carbocycles. The molecule has 0 aliphatic carbocycles. The van der Waals surface area contributed by atoms with Crippen molar-refractivity contribution in [2.24, 2.45) is 0 Å². The molecule has 1 N–H and O–H groups in total. The zero-order chi connectivity index (χ0) is 22.0. The van der Waals surface area contributed by atoms with E-state index < -0.39 is 0 Å². The van der Waals surface area contributed by atoms with E-state index in [0.29, 0.717) is 45.2 Å². The Morgan fingerprint density at radius 1 is 0.871 bits per heavy atom. The van der Waals surface area contributed by atoms with Gasteiger partial charge < -0.3 is 19.5 Å². The van der Waals surface area contributed by atoms with Gasteiger partial charge in [0.1, 0.15) is 16.9 Å². The molecule has 1 amide bonds. The van der Waals surface area contributed by atoms with Crippen LogP contribution in [0.3, 0.4) is 0 Å². The quantitative estimate of drug-likeness (QED) is 0.508. The largest absolute Gasteiger partial charge is 0.493 e. The molecule has 0 bridgehead atoms. The summed E-state index contributed by atoms with van der Waals surface area (Å²) >= 11 is 0. The minimum absolute atomic E-state index is 0.336. The first-order valence-electron chi connectivity index (χ1n) is 9.27. The van der Waals surface area contributed by atoms with Crippen molar-refractivity contribution in [2.45, 2.75) is 0 Å². The third-order valence-electron chi connectivity index (χ3n) is 4.62. The molecule has 0 radical (unpaired) electrons. The predicted octanol–water partition coefficient (Wildman–Crippen LogP) is 3.84. The van der Waals surface area contributed by atoms with Gasteiger partial charge in [-0.3, -0.25) is 4.79 Å². The molecule has 0 saturated heterocycles. The van der Waals surface area contributed by atoms with E-state index in [1.165, 1.54) is 38.3 Å². The summed E-state index contributed by atoms with van der Waals surface area (Å²) in [5.74, 6) is 0.469. The molecule has 8 nitrogen and oxygen atoms in total. The summed E-state index contributed by atoms with van der Waals surface area (Å²) in [6, 6.07) is 14.2. The van der Waals surface area contributed by atoms with Crippen LogP contribution in [0.5, 0.6) is 17.2 Å². The van der Waals surface area contributed by atoms with Gasteiger partial charge in [0.25, 0.3) is 5.91 Å². The van der Waals surface area contributed by atoms with Crippen molar-refractivity contribution >= 4 is 22.6 Å². The van der Waals surface area contributed by atoms with Gasteiger partial charge in [-0.05, 0) is 54.6 Å². The van der Waals surface area contributed by atoms with E-state index in [4.69, 9.17) is 14.2 Å². The van der Waals surface area contributed by atoms with Crippen molar-refractivity contribution in [3.63, 3.8) is 0 Å². The molecule has 4 rings (SSSR count). The molecule has 9 heteroatoms. The summed E-state index contributed by atoms with van der Waals surface area (Å²) in [7, 11) is 4.46. The maximum absolute atomic E-state index is 13.1. The standard InChI is InChI=1S/C22H19FN4O4/c1-29-19-10-13(11-20(30-2)21(19)31-3)22(28)24-15-6-9-17-18(12-15)26-27(25-17)16-7-4-14(23)5-8-16/h4-12H,1-3H3,(H,24,28). The third-order valence-corrected chi connectivity index (χ3v) is 4.62. The van der Waals surface area contributed by atoms with Crippen LogP contribution in [-0.4, -0.2) is 42.2 Å². The highest BCUT2D eigenvalue weighted by Gasteiger charge is 2.17. The number of anilines is 1. The van der Waals surface area contributed by atoms with Crippen LogP contribution >= 0.6 is 0 Å². The van der Waals surface area contributed by atoms with Crippen LogP contribution in [0.15, 0.2) is 54.6 Å². The second-order valence-corrected chi connectivity index (χ2v) is 6.54. The number of hydrogen-bond acceptors (Lipinski definition) is 6. The van der Waals surface area contributed by atoms with Crippen molar-refractivity contribution in [2.75, 3.05) is 26.6 Å². The number of rotatable bonds is 6. The summed E-state index contributed by atoms with van der Waals surface area (Å²) < 4.78 is 29.0. The molecule has 0 spiro atoms. The monoisotopic (exact) mass is 422 g/mol. The van der Waals surface area contributed by atoms with Gasteiger partial charge in [-0.25, -0.2) is 4.39 Å². The zero-order valence-electron chi connectivity index (χ0n) is 17.0. The van der Waals surface area contributed by atoms with E-state index in [2.05, 4.69) is 15.5 Å². The molecule has 4 aromatic rings. The van der Waals surface area contributed by atoms with Gasteiger partial charge >= 0.3 is 0 Å². The minimum atomic E-state index is -0.357. The summed E-state index contributed by atoms with van der Waals surface area (Å²) in [5.41, 5.74) is 2.71. The predicted molar refractivity (Wildman–Crippen MR) is 113 cm³/mol. The topological polar surface area (TPSA) is 87.5 Å². The van der Waals surface area contributed by atoms with Crippen molar-refractivity contribution in [1.82, 2.24) is 15.0 Å². The van der Waals surface area contributed by atoms with Crippen LogP contribution in [0.1, 0.15) is 10.4 Å². The SMILES string of the molecule is COc1cc(C(=O)Nc2ccc3nn(-c4ccc(F)cc4)nc3c2)cc(OC)c1OC. The number of hydrogen-bond donors (Lipinski definition) is 1. The van der Waals surface area contributed by atoms with Crippen LogP contribution < -0.4 is 19.5 Å². The van der Waals surface area contributed by atoms with E-state index >= 15 is 0 Å². The Balaban J connectivity index is 1.61. The van der Waals surface area contributed by atoms with E-state index in [1.54, 1.807) is 42.5 Å². The van der Waals surface area contributed by atoms with Crippen LogP contribution in [0, 0.1) is 5.82 Å². The fourth-order valence-corrected chi connectivity index (χ4v) is 3.10. The van der Waals surface area contributed by atoms with Crippen molar-refractivity contribution < 1.29 is 23.4 Å². The molecule has 0 aliphatic rings. The second kappa shape index (κ2) is 8.31. The zero-order valence-corrected chi connectivity index (χ0v) is 17.0. The van der Waals surface area contributed by atoms with E-state index in [1.807, 2.05) is 0 Å². The molecule has 31 heavy (non-hydrogen) atoms. The number of benzene rings is 3. The first-order valence-corrected chi connectivity index (χ1v) is 9.27. The number of fused-ring (bicyclic) bond motifs is 1. The van der Waals surface area contributed by atoms with Crippen molar-refractivity contribution in [3.05, 3.63) is 66.0 Å². The van der Waals surface area contributed by atoms with Gasteiger partial charge in [0.05, 0.1) is 27.0 Å². The van der Waals surface area contributed by atoms with Gasteiger partial charge in [0.15, 0.2) is 11.5 Å². The Kier molecular flexibility index (Phi) is 5.40. The summed E-state index contributed by atoms with van der Waals surface area (Å²) in [6.45, 7) is 0. The molecular formula is C22H19FN4O4. The lowest BCUT2D eigenvalue weighted by Crippen LogP contribution is -2.12. The number of aromatic nitrogens is 3. The molecule has 3 aromatic carbocycles. The molecule has 0 aliphatic heterocycles. The number of ether oxygens (including phenoxy) is 3. The fraction of sp³-hybridized carbons (Fsp3) is 0.136. The summed E-state index contributed by atoms with van der Waals surface area (Å²) in [5, 5.41) is 11.6. The highest BCUT2D eigenvalue weighted by molar-refractivity contribution is 6.05. The smallest absolute Gasteiger partial charge is 0.255 e. The van der Waals surface area contributed by atoms with Crippen molar-refractivity contribution in [1.29, 1.82) is 0 Å². The second-order valence-electron chi connectivity index (χ2n) is 6.54. The molecule has 1 heterocycles. The number of carbonyl (C=O) groups is 1. The number of nitrogens with one attached hydrogen (secondary N) is 1. The molecule has 0 fully saturated rings. The maximum Gasteiger partial charge on any atom is 0.255 e. The molecule has 158 valence electrons. The minimum Gasteiger partial charge on any atom is -0.493 e. The Labute approximate surface area is 177 Å². The molecule has 0 atom stereocenters. The van der Waals surface area contributed by atoms with Crippen molar-refractivity contribution in [3.8, 4) is 22.9 Å². The van der Waals surface area contributed by atoms with Gasteiger partial charge in [0.2, 0.25) is 5.75 Å². The highest BCUT2D eigenvalue weighted by Crippen LogP contribution is 2.38. The van der Waals surface area contributed by atoms with Crippen LogP contribution in [-0.2, 0) is 0 Å². The Bertz CT molecular complexity index is 1230. The van der Waals surface area contributed by atoms with Crippen LogP contribution in [0.4, 0.5) is 10.1 Å². The Morgan fingerprint density at radius 2 is 1.52 bits per heavy atom. The Hall–Kier alpha value is -4.14. The number of halogens is 1. The number of amides is 1. The molecule has 1 aromatic heterocycles. The Morgan fingerprint density at radius 3 is 2.13 bits per heavy atom. The maximum atomic E-state index is 13.1. The average molecular weight is 422 g/mol. The first-order chi connectivity index (χ1) is 15.0. The summed E-state index contributed by atoms with van der Waals surface area (Å²) in [4.78, 5) is 14.2.